The summed E-state index contributed by atoms with van der Waals surface area (Å²) in [6.45, 7) is 3.15. The maximum atomic E-state index is 10.0. The van der Waals surface area contributed by atoms with E-state index in [4.69, 9.17) is 25.0 Å². The Balaban J connectivity index is 1.33. The lowest BCUT2D eigenvalue weighted by Crippen LogP contribution is -2.38. The van der Waals surface area contributed by atoms with Crippen LogP contribution in [0.25, 0.3) is 17.3 Å². The maximum absolute atomic E-state index is 10.0. The summed E-state index contributed by atoms with van der Waals surface area (Å²) in [7, 11) is 2.14. The second-order valence-corrected chi connectivity index (χ2v) is 12.3. The first-order valence-electron chi connectivity index (χ1n) is 13.9. The molecular formula is C28H31N9O2S. The highest BCUT2D eigenvalue weighted by Crippen LogP contribution is 2.55. The van der Waals surface area contributed by atoms with E-state index in [9.17, 15) is 5.26 Å². The molecule has 3 aliphatic rings. The van der Waals surface area contributed by atoms with Gasteiger partial charge in [0.05, 0.1) is 11.0 Å². The number of likely N-dealkylation sites (N-methyl/N-ethyl adjacent to an activating group) is 1. The average molecular weight is 558 g/mol. The van der Waals surface area contributed by atoms with Crippen LogP contribution in [-0.4, -0.2) is 60.5 Å². The van der Waals surface area contributed by atoms with Gasteiger partial charge in [0, 0.05) is 22.5 Å². The van der Waals surface area contributed by atoms with E-state index in [-0.39, 0.29) is 6.10 Å². The zero-order valence-electron chi connectivity index (χ0n) is 22.6. The molecule has 2 aliphatic carbocycles. The van der Waals surface area contributed by atoms with Gasteiger partial charge in [-0.3, -0.25) is 4.90 Å². The second-order valence-electron chi connectivity index (χ2n) is 11.1. The molecule has 0 saturated carbocycles. The standard InChI is InChI=1S/C28H31N9O2S/c1-16(19-7-5-11-36(19)2)38-22-12-21(37-15-31-14-32-37)33-27(34-22)24-17-6-3-9-28(25(17)39-35-24)10-4-8-20-23(28)18(13-29)26(30)40-20/h12,14-16,19H,3-11,30H2,1-2H3/t16-,19-,28-/m0/s1. The minimum absolute atomic E-state index is 0.0533. The summed E-state index contributed by atoms with van der Waals surface area (Å²) in [6.07, 6.45) is 10.7. The molecule has 0 aromatic carbocycles. The molecule has 11 nitrogen and oxygen atoms in total. The number of hydrogen-bond donors (Lipinski definition) is 1. The highest BCUT2D eigenvalue weighted by molar-refractivity contribution is 7.16. The highest BCUT2D eigenvalue weighted by Gasteiger charge is 2.48. The van der Waals surface area contributed by atoms with Crippen molar-refractivity contribution in [1.82, 2.24) is 34.8 Å². The molecule has 7 rings (SSSR count). The van der Waals surface area contributed by atoms with E-state index in [0.29, 0.717) is 39.8 Å². The normalized spacial score (nSPS) is 23.1. The molecule has 1 aliphatic heterocycles. The molecule has 4 aromatic rings. The number of nitrogens with zero attached hydrogens (tertiary/aromatic N) is 8. The lowest BCUT2D eigenvalue weighted by Gasteiger charge is -2.39. The Morgan fingerprint density at radius 1 is 1.25 bits per heavy atom. The number of aryl methyl sites for hydroxylation is 1. The first-order chi connectivity index (χ1) is 19.5. The van der Waals surface area contributed by atoms with Crippen LogP contribution in [0.4, 0.5) is 5.00 Å². The molecule has 12 heteroatoms. The number of fused-ring (bicyclic) bond motifs is 4. The number of hydrogen-bond acceptors (Lipinski definition) is 11. The van der Waals surface area contributed by atoms with Crippen molar-refractivity contribution in [2.45, 2.75) is 75.9 Å². The number of nitrogen functional groups attached to an aromatic ring is 1. The average Bonchev–Trinajstić information content (AvgIpc) is 3.75. The van der Waals surface area contributed by atoms with E-state index in [1.165, 1.54) is 22.5 Å². The molecule has 4 aromatic heterocycles. The number of likely N-dealkylation sites (tertiary alicyclic amines) is 1. The number of thiophene rings is 1. The Hall–Kier alpha value is -3.82. The summed E-state index contributed by atoms with van der Waals surface area (Å²) in [4.78, 5) is 17.3. The summed E-state index contributed by atoms with van der Waals surface area (Å²) in [6, 6.07) is 4.49. The Bertz CT molecular complexity index is 1600. The number of nitriles is 1. The summed E-state index contributed by atoms with van der Waals surface area (Å²) in [5.74, 6) is 2.26. The zero-order valence-corrected chi connectivity index (χ0v) is 23.4. The predicted octanol–water partition coefficient (Wildman–Crippen LogP) is 4.05. The molecule has 2 N–H and O–H groups in total. The van der Waals surface area contributed by atoms with Crippen LogP contribution in [0, 0.1) is 11.3 Å². The molecule has 1 saturated heterocycles. The lowest BCUT2D eigenvalue weighted by molar-refractivity contribution is 0.117. The van der Waals surface area contributed by atoms with Gasteiger partial charge < -0.3 is 15.0 Å². The number of nitrogens with two attached hydrogens (primary N) is 1. The molecule has 40 heavy (non-hydrogen) atoms. The molecule has 1 fully saturated rings. The lowest BCUT2D eigenvalue weighted by atomic mass is 9.63. The van der Waals surface area contributed by atoms with Gasteiger partial charge in [-0.1, -0.05) is 5.16 Å². The minimum atomic E-state index is -0.407. The minimum Gasteiger partial charge on any atom is -0.473 e. The van der Waals surface area contributed by atoms with Crippen molar-refractivity contribution in [1.29, 1.82) is 5.26 Å². The fourth-order valence-electron chi connectivity index (χ4n) is 7.04. The smallest absolute Gasteiger partial charge is 0.219 e. The molecular weight excluding hydrogens is 526 g/mol. The molecule has 0 radical (unpaired) electrons. The van der Waals surface area contributed by atoms with Crippen LogP contribution in [0.15, 0.2) is 23.2 Å². The monoisotopic (exact) mass is 557 g/mol. The van der Waals surface area contributed by atoms with Crippen molar-refractivity contribution < 1.29 is 9.26 Å². The Morgan fingerprint density at radius 2 is 2.10 bits per heavy atom. The Morgan fingerprint density at radius 3 is 2.85 bits per heavy atom. The van der Waals surface area contributed by atoms with Gasteiger partial charge in [-0.05, 0) is 77.4 Å². The molecule has 1 spiro atoms. The first kappa shape index (κ1) is 25.2. The van der Waals surface area contributed by atoms with E-state index < -0.39 is 5.41 Å². The third-order valence-electron chi connectivity index (χ3n) is 8.84. The number of ether oxygens (including phenoxy) is 1. The Kier molecular flexibility index (Phi) is 6.09. The van der Waals surface area contributed by atoms with Crippen LogP contribution in [-0.2, 0) is 18.3 Å². The highest BCUT2D eigenvalue weighted by atomic mass is 32.1. The number of rotatable bonds is 5. The third-order valence-corrected chi connectivity index (χ3v) is 9.92. The molecule has 206 valence electrons. The van der Waals surface area contributed by atoms with E-state index in [0.717, 1.165) is 74.8 Å². The van der Waals surface area contributed by atoms with Gasteiger partial charge in [-0.25, -0.2) is 14.6 Å². The van der Waals surface area contributed by atoms with Crippen LogP contribution in [0.3, 0.4) is 0 Å². The SMILES string of the molecule is C[C@H](Oc1cc(-n2cncn2)nc(-c2noc3c2CCC[C@@]32CCCc3sc(N)c(C#N)c32)n1)[C@@H]1CCCN1C. The molecule has 3 atom stereocenters. The van der Waals surface area contributed by atoms with Crippen LogP contribution in [0.1, 0.15) is 72.8 Å². The third kappa shape index (κ3) is 3.90. The van der Waals surface area contributed by atoms with Crippen molar-refractivity contribution in [3.05, 3.63) is 46.0 Å². The number of anilines is 1. The van der Waals surface area contributed by atoms with E-state index >= 15 is 0 Å². The van der Waals surface area contributed by atoms with Crippen LogP contribution in [0.5, 0.6) is 5.88 Å². The van der Waals surface area contributed by atoms with E-state index in [1.54, 1.807) is 17.1 Å². The van der Waals surface area contributed by atoms with Crippen molar-refractivity contribution in [2.24, 2.45) is 0 Å². The van der Waals surface area contributed by atoms with E-state index in [1.807, 2.05) is 0 Å². The van der Waals surface area contributed by atoms with Gasteiger partial charge in [0.15, 0.2) is 23.1 Å². The molecule has 5 heterocycles. The first-order valence-corrected chi connectivity index (χ1v) is 14.7. The topological polar surface area (TPSA) is 145 Å². The summed E-state index contributed by atoms with van der Waals surface area (Å²) < 4.78 is 14.2. The van der Waals surface area contributed by atoms with Gasteiger partial charge in [-0.15, -0.1) is 11.3 Å². The van der Waals surface area contributed by atoms with E-state index in [2.05, 4.69) is 40.2 Å². The van der Waals surface area contributed by atoms with Crippen molar-refractivity contribution >= 4 is 16.3 Å². The van der Waals surface area contributed by atoms with Crippen molar-refractivity contribution in [3.8, 4) is 29.3 Å². The maximum Gasteiger partial charge on any atom is 0.219 e. The van der Waals surface area contributed by atoms with Crippen LogP contribution >= 0.6 is 11.3 Å². The fourth-order valence-corrected chi connectivity index (χ4v) is 8.20. The summed E-state index contributed by atoms with van der Waals surface area (Å²) >= 11 is 1.54. The zero-order chi connectivity index (χ0) is 27.4. The quantitative estimate of drug-likeness (QED) is 0.381. The van der Waals surface area contributed by atoms with Gasteiger partial charge in [0.1, 0.15) is 29.8 Å². The number of aromatic nitrogens is 6. The van der Waals surface area contributed by atoms with Gasteiger partial charge in [0.2, 0.25) is 5.88 Å². The Labute approximate surface area is 236 Å². The van der Waals surface area contributed by atoms with Gasteiger partial charge in [0.25, 0.3) is 0 Å². The predicted molar refractivity (Wildman–Crippen MR) is 148 cm³/mol. The molecule has 0 bridgehead atoms. The van der Waals surface area contributed by atoms with Crippen LogP contribution in [0.2, 0.25) is 0 Å². The largest absolute Gasteiger partial charge is 0.473 e. The summed E-state index contributed by atoms with van der Waals surface area (Å²) in [5.41, 5.74) is 9.15. The fraction of sp³-hybridized carbons (Fsp3) is 0.500. The summed E-state index contributed by atoms with van der Waals surface area (Å²) in [5, 5.41) is 19.5. The second kappa shape index (κ2) is 9.67. The molecule has 0 amide bonds. The van der Waals surface area contributed by atoms with Crippen molar-refractivity contribution in [3.63, 3.8) is 0 Å². The van der Waals surface area contributed by atoms with Crippen molar-refractivity contribution in [2.75, 3.05) is 19.3 Å². The molecule has 0 unspecified atom stereocenters. The van der Waals surface area contributed by atoms with Gasteiger partial charge >= 0.3 is 0 Å². The van der Waals surface area contributed by atoms with Gasteiger partial charge in [-0.2, -0.15) is 15.3 Å². The van der Waals surface area contributed by atoms with Crippen LogP contribution < -0.4 is 10.5 Å².